The van der Waals surface area contributed by atoms with Crippen LogP contribution in [0.25, 0.3) is 11.1 Å². The highest BCUT2D eigenvalue weighted by molar-refractivity contribution is 5.92. The van der Waals surface area contributed by atoms with Crippen LogP contribution in [-0.4, -0.2) is 58.9 Å². The number of hydrogen-bond donors (Lipinski definition) is 0. The van der Waals surface area contributed by atoms with Crippen LogP contribution < -0.4 is 0 Å². The van der Waals surface area contributed by atoms with E-state index in [4.69, 9.17) is 4.52 Å². The molecule has 160 valence electrons. The van der Waals surface area contributed by atoms with Gasteiger partial charge in [0.05, 0.1) is 11.6 Å². The largest absolute Gasteiger partial charge is 0.351 e. The minimum Gasteiger partial charge on any atom is -0.351 e. The number of piperidine rings is 1. The van der Waals surface area contributed by atoms with Crippen molar-refractivity contribution in [3.63, 3.8) is 0 Å². The molecule has 0 radical (unpaired) electrons. The van der Waals surface area contributed by atoms with E-state index in [2.05, 4.69) is 22.3 Å². The molecular weight excluding hydrogens is 392 g/mol. The normalized spacial score (nSPS) is 18.6. The monoisotopic (exact) mass is 418 g/mol. The maximum absolute atomic E-state index is 13.5. The Morgan fingerprint density at radius 3 is 2.68 bits per heavy atom. The first-order valence-corrected chi connectivity index (χ1v) is 10.4. The van der Waals surface area contributed by atoms with Crippen molar-refractivity contribution in [1.29, 1.82) is 0 Å². The van der Waals surface area contributed by atoms with Crippen molar-refractivity contribution in [1.82, 2.24) is 19.9 Å². The van der Waals surface area contributed by atoms with E-state index < -0.39 is 5.41 Å². The van der Waals surface area contributed by atoms with Crippen molar-refractivity contribution >= 4 is 11.8 Å². The summed E-state index contributed by atoms with van der Waals surface area (Å²) in [4.78, 5) is 34.0. The van der Waals surface area contributed by atoms with Crippen molar-refractivity contribution in [2.75, 3.05) is 27.2 Å². The zero-order valence-corrected chi connectivity index (χ0v) is 17.8. The van der Waals surface area contributed by atoms with Crippen LogP contribution >= 0.6 is 0 Å². The number of pyridine rings is 1. The molecule has 0 saturated carbocycles. The average Bonchev–Trinajstić information content (AvgIpc) is 3.34. The summed E-state index contributed by atoms with van der Waals surface area (Å²) in [5.41, 5.74) is 2.42. The summed E-state index contributed by atoms with van der Waals surface area (Å²) in [6.45, 7) is 0.928. The third-order valence-corrected chi connectivity index (χ3v) is 5.89. The molecule has 0 aliphatic carbocycles. The predicted octanol–water partition coefficient (Wildman–Crippen LogP) is 3.29. The second-order valence-corrected chi connectivity index (χ2v) is 8.26. The van der Waals surface area contributed by atoms with Crippen molar-refractivity contribution in [2.45, 2.75) is 19.3 Å². The van der Waals surface area contributed by atoms with E-state index in [1.54, 1.807) is 36.2 Å². The van der Waals surface area contributed by atoms with Gasteiger partial charge in [0.25, 0.3) is 5.91 Å². The highest BCUT2D eigenvalue weighted by atomic mass is 16.5. The van der Waals surface area contributed by atoms with E-state index in [0.29, 0.717) is 25.9 Å². The van der Waals surface area contributed by atoms with E-state index in [1.807, 2.05) is 30.5 Å². The first kappa shape index (κ1) is 20.8. The average molecular weight is 418 g/mol. The van der Waals surface area contributed by atoms with Gasteiger partial charge in [-0.2, -0.15) is 0 Å². The number of rotatable bonds is 5. The number of carbonyl (C=O) groups is 2. The molecule has 3 heterocycles. The summed E-state index contributed by atoms with van der Waals surface area (Å²) in [5, 5.41) is 3.65. The summed E-state index contributed by atoms with van der Waals surface area (Å²) in [5.74, 6) is 0.00102. The molecule has 2 amide bonds. The fraction of sp³-hybridized carbons (Fsp3) is 0.333. The molecule has 31 heavy (non-hydrogen) atoms. The van der Waals surface area contributed by atoms with Gasteiger partial charge in [-0.25, -0.2) is 0 Å². The third kappa shape index (κ3) is 4.21. The Labute approximate surface area is 181 Å². The first-order chi connectivity index (χ1) is 15.0. The number of likely N-dealkylation sites (tertiary alicyclic amines) is 1. The Bertz CT molecular complexity index is 1050. The third-order valence-electron chi connectivity index (χ3n) is 5.89. The lowest BCUT2D eigenvalue weighted by Gasteiger charge is -2.43. The molecule has 1 atom stereocenters. The van der Waals surface area contributed by atoms with Crippen molar-refractivity contribution in [2.24, 2.45) is 5.41 Å². The minimum atomic E-state index is -0.713. The van der Waals surface area contributed by atoms with E-state index in [0.717, 1.165) is 23.1 Å². The smallest absolute Gasteiger partial charge is 0.292 e. The topological polar surface area (TPSA) is 79.5 Å². The number of carbonyl (C=O) groups excluding carboxylic acids is 2. The van der Waals surface area contributed by atoms with Crippen LogP contribution in [0.15, 0.2) is 65.6 Å². The first-order valence-electron chi connectivity index (χ1n) is 10.4. The van der Waals surface area contributed by atoms with Gasteiger partial charge in [-0.1, -0.05) is 35.5 Å². The number of aromatic nitrogens is 2. The van der Waals surface area contributed by atoms with Crippen LogP contribution in [0, 0.1) is 5.41 Å². The molecule has 1 aliphatic heterocycles. The number of amides is 2. The van der Waals surface area contributed by atoms with Crippen LogP contribution in [0.3, 0.4) is 0 Å². The molecule has 0 spiro atoms. The zero-order valence-electron chi connectivity index (χ0n) is 17.8. The molecule has 4 rings (SSSR count). The molecule has 3 aromatic rings. The van der Waals surface area contributed by atoms with Gasteiger partial charge < -0.3 is 14.3 Å². The van der Waals surface area contributed by atoms with Gasteiger partial charge in [-0.05, 0) is 36.5 Å². The second-order valence-electron chi connectivity index (χ2n) is 8.26. The van der Waals surface area contributed by atoms with Gasteiger partial charge >= 0.3 is 0 Å². The molecule has 0 N–H and O–H groups in total. The fourth-order valence-corrected chi connectivity index (χ4v) is 4.50. The lowest BCUT2D eigenvalue weighted by Crippen LogP contribution is -2.54. The summed E-state index contributed by atoms with van der Waals surface area (Å²) in [6, 6.07) is 13.6. The van der Waals surface area contributed by atoms with Crippen molar-refractivity contribution < 1.29 is 14.1 Å². The molecule has 1 fully saturated rings. The Kier molecular flexibility index (Phi) is 5.84. The molecule has 1 aromatic carbocycles. The quantitative estimate of drug-likeness (QED) is 0.635. The van der Waals surface area contributed by atoms with Crippen molar-refractivity contribution in [3.8, 4) is 11.1 Å². The Morgan fingerprint density at radius 2 is 1.97 bits per heavy atom. The van der Waals surface area contributed by atoms with Crippen LogP contribution in [0.2, 0.25) is 0 Å². The van der Waals surface area contributed by atoms with E-state index in [9.17, 15) is 9.59 Å². The van der Waals surface area contributed by atoms with Crippen LogP contribution in [0.4, 0.5) is 0 Å². The van der Waals surface area contributed by atoms with E-state index >= 15 is 0 Å². The molecule has 0 bridgehead atoms. The minimum absolute atomic E-state index is 0.0311. The van der Waals surface area contributed by atoms with Crippen LogP contribution in [0.5, 0.6) is 0 Å². The molecule has 0 unspecified atom stereocenters. The van der Waals surface area contributed by atoms with Gasteiger partial charge in [-0.15, -0.1) is 0 Å². The summed E-state index contributed by atoms with van der Waals surface area (Å²) in [7, 11) is 3.54. The molecule has 1 aliphatic rings. The number of nitrogens with zero attached hydrogens (tertiary/aromatic N) is 4. The number of benzene rings is 1. The van der Waals surface area contributed by atoms with Gasteiger partial charge in [0.1, 0.15) is 0 Å². The highest BCUT2D eigenvalue weighted by Crippen LogP contribution is 2.38. The second kappa shape index (κ2) is 8.71. The lowest BCUT2D eigenvalue weighted by atomic mass is 9.73. The Morgan fingerprint density at radius 1 is 1.13 bits per heavy atom. The van der Waals surface area contributed by atoms with Crippen LogP contribution in [-0.2, 0) is 11.2 Å². The SMILES string of the molecule is CN(C)C(=O)[C@]1(Cc2ccccc2-c2cccnc2)CCCN(C(=O)c2ccno2)C1. The predicted molar refractivity (Wildman–Crippen MR) is 116 cm³/mol. The Balaban J connectivity index is 1.70. The highest BCUT2D eigenvalue weighted by Gasteiger charge is 2.45. The molecular formula is C24H26N4O3. The maximum atomic E-state index is 13.5. The maximum Gasteiger partial charge on any atom is 0.292 e. The summed E-state index contributed by atoms with van der Waals surface area (Å²) < 4.78 is 5.08. The van der Waals surface area contributed by atoms with Gasteiger partial charge in [-0.3, -0.25) is 14.6 Å². The Hall–Kier alpha value is -3.48. The summed E-state index contributed by atoms with van der Waals surface area (Å²) >= 11 is 0. The standard InChI is InChI=1S/C24H26N4O3/c1-27(2)23(30)24(11-6-14-28(17-24)22(29)21-10-13-26-31-21)15-18-7-3-4-9-20(18)19-8-5-12-25-16-19/h3-5,7-10,12-13,16H,6,11,14-15,17H2,1-2H3/t24-/m0/s1. The van der Waals surface area contributed by atoms with E-state index in [-0.39, 0.29) is 17.6 Å². The van der Waals surface area contributed by atoms with Crippen molar-refractivity contribution in [3.05, 3.63) is 72.4 Å². The molecule has 2 aromatic heterocycles. The van der Waals surface area contributed by atoms with E-state index in [1.165, 1.54) is 6.20 Å². The molecule has 7 heteroatoms. The lowest BCUT2D eigenvalue weighted by molar-refractivity contribution is -0.142. The fourth-order valence-electron chi connectivity index (χ4n) is 4.50. The van der Waals surface area contributed by atoms with Gasteiger partial charge in [0.2, 0.25) is 11.7 Å². The van der Waals surface area contributed by atoms with Gasteiger partial charge in [0.15, 0.2) is 0 Å². The number of hydrogen-bond acceptors (Lipinski definition) is 5. The zero-order chi connectivity index (χ0) is 21.8. The summed E-state index contributed by atoms with van der Waals surface area (Å²) in [6.07, 6.45) is 7.03. The van der Waals surface area contributed by atoms with Crippen LogP contribution in [0.1, 0.15) is 29.0 Å². The molecule has 7 nitrogen and oxygen atoms in total. The molecule has 1 saturated heterocycles. The van der Waals surface area contributed by atoms with Gasteiger partial charge in [0, 0.05) is 51.2 Å².